The van der Waals surface area contributed by atoms with Crippen molar-refractivity contribution in [3.8, 4) is 5.75 Å². The number of rotatable bonds is 9. The molecule has 38 heavy (non-hydrogen) atoms. The molecule has 1 aromatic heterocycles. The second-order valence-corrected chi connectivity index (χ2v) is 13.2. The van der Waals surface area contributed by atoms with Crippen molar-refractivity contribution in [3.05, 3.63) is 59.8 Å². The second-order valence-electron chi connectivity index (χ2n) is 10.8. The number of esters is 1. The van der Waals surface area contributed by atoms with Crippen LogP contribution in [0.5, 0.6) is 5.75 Å². The lowest BCUT2D eigenvalue weighted by molar-refractivity contribution is -0.142. The smallest absolute Gasteiger partial charge is 0.489 e. The Morgan fingerprint density at radius 1 is 1.05 bits per heavy atom. The summed E-state index contributed by atoms with van der Waals surface area (Å²) in [6.07, 6.45) is 1.67. The van der Waals surface area contributed by atoms with Gasteiger partial charge in [0.1, 0.15) is 12.4 Å². The SMILES string of the molecule is CCOC(=O)Cc1ccccc1OCc1cc(B2OC(C)(C)C(C)(C)O2)c2ccn(S(=O)(=O)C(C)C)c2c1. The van der Waals surface area contributed by atoms with Gasteiger partial charge >= 0.3 is 13.1 Å². The van der Waals surface area contributed by atoms with E-state index in [9.17, 15) is 13.2 Å². The fraction of sp³-hybridized carbons (Fsp3) is 0.464. The van der Waals surface area contributed by atoms with Gasteiger partial charge in [-0.3, -0.25) is 4.79 Å². The van der Waals surface area contributed by atoms with Gasteiger partial charge < -0.3 is 18.8 Å². The van der Waals surface area contributed by atoms with Crippen LogP contribution in [0, 0.1) is 0 Å². The zero-order valence-electron chi connectivity index (χ0n) is 23.1. The van der Waals surface area contributed by atoms with Crippen molar-refractivity contribution < 1.29 is 32.0 Å². The maximum absolute atomic E-state index is 13.2. The van der Waals surface area contributed by atoms with Crippen molar-refractivity contribution >= 4 is 39.5 Å². The quantitative estimate of drug-likeness (QED) is 0.296. The van der Waals surface area contributed by atoms with Crippen LogP contribution in [0.2, 0.25) is 0 Å². The van der Waals surface area contributed by atoms with Crippen LogP contribution in [-0.2, 0) is 41.9 Å². The van der Waals surface area contributed by atoms with Crippen molar-refractivity contribution in [1.29, 1.82) is 0 Å². The molecule has 0 bridgehead atoms. The van der Waals surface area contributed by atoms with Crippen molar-refractivity contribution in [2.24, 2.45) is 0 Å². The van der Waals surface area contributed by atoms with Gasteiger partial charge in [0.25, 0.3) is 0 Å². The third-order valence-corrected chi connectivity index (χ3v) is 9.31. The number of ether oxygens (including phenoxy) is 2. The molecule has 2 aromatic carbocycles. The first-order chi connectivity index (χ1) is 17.8. The van der Waals surface area contributed by atoms with E-state index in [4.69, 9.17) is 18.8 Å². The summed E-state index contributed by atoms with van der Waals surface area (Å²) in [6, 6.07) is 12.8. The Labute approximate surface area is 225 Å². The third kappa shape index (κ3) is 5.35. The molecule has 8 nitrogen and oxygen atoms in total. The van der Waals surface area contributed by atoms with Gasteiger partial charge in [0.05, 0.1) is 35.0 Å². The van der Waals surface area contributed by atoms with Crippen molar-refractivity contribution in [1.82, 2.24) is 3.97 Å². The Bertz CT molecular complexity index is 1430. The van der Waals surface area contributed by atoms with Crippen LogP contribution < -0.4 is 10.2 Å². The number of aromatic nitrogens is 1. The minimum absolute atomic E-state index is 0.0949. The molecule has 0 saturated carbocycles. The average Bonchev–Trinajstić information content (AvgIpc) is 3.35. The van der Waals surface area contributed by atoms with Gasteiger partial charge in [-0.25, -0.2) is 12.4 Å². The van der Waals surface area contributed by atoms with E-state index in [1.54, 1.807) is 39.1 Å². The van der Waals surface area contributed by atoms with Crippen molar-refractivity contribution in [2.45, 2.75) is 77.9 Å². The highest BCUT2D eigenvalue weighted by molar-refractivity contribution is 7.90. The predicted molar refractivity (Wildman–Crippen MR) is 148 cm³/mol. The lowest BCUT2D eigenvalue weighted by Gasteiger charge is -2.32. The van der Waals surface area contributed by atoms with Crippen LogP contribution >= 0.6 is 0 Å². The molecule has 3 aromatic rings. The first-order valence-corrected chi connectivity index (χ1v) is 14.4. The number of para-hydroxylation sites is 1. The van der Waals surface area contributed by atoms with E-state index in [2.05, 4.69) is 0 Å². The highest BCUT2D eigenvalue weighted by Gasteiger charge is 2.52. The number of benzene rings is 2. The summed E-state index contributed by atoms with van der Waals surface area (Å²) in [5.74, 6) is 0.229. The van der Waals surface area contributed by atoms with E-state index in [0.717, 1.165) is 16.4 Å². The zero-order chi connectivity index (χ0) is 27.9. The lowest BCUT2D eigenvalue weighted by atomic mass is 9.76. The molecule has 1 fully saturated rings. The number of hydrogen-bond acceptors (Lipinski definition) is 7. The first-order valence-electron chi connectivity index (χ1n) is 12.9. The first kappa shape index (κ1) is 28.2. The number of hydrogen-bond donors (Lipinski definition) is 0. The fourth-order valence-corrected chi connectivity index (χ4v) is 5.43. The number of fused-ring (bicyclic) bond motifs is 1. The van der Waals surface area contributed by atoms with Gasteiger partial charge in [-0.2, -0.15) is 0 Å². The molecule has 0 N–H and O–H groups in total. The molecule has 0 spiro atoms. The minimum atomic E-state index is -3.61. The maximum Gasteiger partial charge on any atom is 0.495 e. The zero-order valence-corrected chi connectivity index (χ0v) is 23.9. The molecular formula is C28H36BNO7S. The predicted octanol–water partition coefficient (Wildman–Crippen LogP) is 4.21. The average molecular weight is 541 g/mol. The summed E-state index contributed by atoms with van der Waals surface area (Å²) in [7, 11) is -4.30. The summed E-state index contributed by atoms with van der Waals surface area (Å²) in [5, 5.41) is 0.132. The number of carbonyl (C=O) groups excluding carboxylic acids is 1. The summed E-state index contributed by atoms with van der Waals surface area (Å²) < 4.78 is 51.5. The summed E-state index contributed by atoms with van der Waals surface area (Å²) in [6.45, 7) is 13.4. The van der Waals surface area contributed by atoms with E-state index >= 15 is 0 Å². The minimum Gasteiger partial charge on any atom is -0.489 e. The van der Waals surface area contributed by atoms with Crippen LogP contribution in [0.4, 0.5) is 0 Å². The molecule has 1 aliphatic rings. The van der Waals surface area contributed by atoms with E-state index in [1.165, 1.54) is 3.97 Å². The van der Waals surface area contributed by atoms with Gasteiger partial charge in [-0.05, 0) is 77.7 Å². The standard InChI is InChI=1S/C28H36BNO7S/c1-8-34-26(31)17-21-11-9-10-12-25(21)35-18-20-15-23(29-36-27(4,5)28(6,7)37-29)22-13-14-30(24(22)16-20)38(32,33)19(2)3/h9-16,19H,8,17-18H2,1-7H3. The van der Waals surface area contributed by atoms with Gasteiger partial charge in [-0.1, -0.05) is 24.3 Å². The van der Waals surface area contributed by atoms with Crippen molar-refractivity contribution in [3.63, 3.8) is 0 Å². The van der Waals surface area contributed by atoms with Crippen LogP contribution in [-0.4, -0.2) is 48.5 Å². The summed E-state index contributed by atoms with van der Waals surface area (Å²) in [4.78, 5) is 12.1. The topological polar surface area (TPSA) is 93.1 Å². The molecule has 0 atom stereocenters. The van der Waals surface area contributed by atoms with Gasteiger partial charge in [0.2, 0.25) is 10.0 Å². The highest BCUT2D eigenvalue weighted by atomic mass is 32.2. The molecule has 0 aliphatic carbocycles. The van der Waals surface area contributed by atoms with E-state index in [0.29, 0.717) is 23.4 Å². The van der Waals surface area contributed by atoms with E-state index < -0.39 is 33.6 Å². The van der Waals surface area contributed by atoms with Gasteiger partial charge in [-0.15, -0.1) is 0 Å². The second kappa shape index (κ2) is 10.4. The Balaban J connectivity index is 1.75. The largest absolute Gasteiger partial charge is 0.495 e. The number of carbonyl (C=O) groups is 1. The highest BCUT2D eigenvalue weighted by Crippen LogP contribution is 2.37. The Kier molecular flexibility index (Phi) is 7.71. The molecule has 4 rings (SSSR count). The molecule has 0 radical (unpaired) electrons. The van der Waals surface area contributed by atoms with Gasteiger partial charge in [0, 0.05) is 17.1 Å². The molecule has 1 aliphatic heterocycles. The lowest BCUT2D eigenvalue weighted by Crippen LogP contribution is -2.41. The molecule has 204 valence electrons. The van der Waals surface area contributed by atoms with Crippen LogP contribution in [0.15, 0.2) is 48.7 Å². The maximum atomic E-state index is 13.2. The Morgan fingerprint density at radius 3 is 2.34 bits per heavy atom. The monoisotopic (exact) mass is 541 g/mol. The van der Waals surface area contributed by atoms with E-state index in [1.807, 2.05) is 58.0 Å². The molecule has 2 heterocycles. The fourth-order valence-electron chi connectivity index (χ4n) is 4.32. The van der Waals surface area contributed by atoms with Crippen LogP contribution in [0.1, 0.15) is 59.6 Å². The molecule has 10 heteroatoms. The summed E-state index contributed by atoms with van der Waals surface area (Å²) >= 11 is 0. The van der Waals surface area contributed by atoms with Crippen molar-refractivity contribution in [2.75, 3.05) is 6.61 Å². The summed E-state index contributed by atoms with van der Waals surface area (Å²) in [5.41, 5.74) is 1.60. The molecular weight excluding hydrogens is 505 g/mol. The molecule has 1 saturated heterocycles. The Morgan fingerprint density at radius 2 is 1.71 bits per heavy atom. The van der Waals surface area contributed by atoms with Crippen LogP contribution in [0.3, 0.4) is 0 Å². The number of nitrogens with zero attached hydrogens (tertiary/aromatic N) is 1. The van der Waals surface area contributed by atoms with Crippen LogP contribution in [0.25, 0.3) is 10.9 Å². The third-order valence-electron chi connectivity index (χ3n) is 7.25. The van der Waals surface area contributed by atoms with E-state index in [-0.39, 0.29) is 19.0 Å². The van der Waals surface area contributed by atoms with Gasteiger partial charge in [0.15, 0.2) is 0 Å². The molecule has 0 amide bonds. The Hall–Kier alpha value is -2.82. The normalized spacial score (nSPS) is 16.8. The molecule has 0 unspecified atom stereocenters.